The highest BCUT2D eigenvalue weighted by molar-refractivity contribution is 5.62. The van der Waals surface area contributed by atoms with Crippen LogP contribution in [0.4, 0.5) is 5.69 Å². The molecule has 0 radical (unpaired) electrons. The van der Waals surface area contributed by atoms with Gasteiger partial charge in [0.05, 0.1) is 20.1 Å². The first-order valence-electron chi connectivity index (χ1n) is 7.28. The number of nitrogens with zero attached hydrogens (tertiary/aromatic N) is 1. The fourth-order valence-electron chi connectivity index (χ4n) is 2.85. The van der Waals surface area contributed by atoms with Crippen LogP contribution in [0.3, 0.4) is 0 Å². The summed E-state index contributed by atoms with van der Waals surface area (Å²) < 4.78 is 16.3. The number of fused-ring (bicyclic) bond motifs is 1. The molecule has 122 valence electrons. The molecule has 1 unspecified atom stereocenters. The van der Waals surface area contributed by atoms with Gasteiger partial charge in [-0.15, -0.1) is 0 Å². The summed E-state index contributed by atoms with van der Waals surface area (Å²) in [7, 11) is 3.15. The molecule has 0 spiro atoms. The molecule has 24 heavy (non-hydrogen) atoms. The van der Waals surface area contributed by atoms with E-state index in [0.717, 1.165) is 11.1 Å². The largest absolute Gasteiger partial charge is 0.497 e. The zero-order chi connectivity index (χ0) is 17.3. The fraction of sp³-hybridized carbons (Fsp3) is 0.167. The van der Waals surface area contributed by atoms with Crippen LogP contribution in [-0.2, 0) is 0 Å². The summed E-state index contributed by atoms with van der Waals surface area (Å²) in [6.07, 6.45) is 0. The highest BCUT2D eigenvalue weighted by Gasteiger charge is 2.32. The molecule has 0 aliphatic carbocycles. The second-order valence-electron chi connectivity index (χ2n) is 5.33. The van der Waals surface area contributed by atoms with Gasteiger partial charge in [-0.3, -0.25) is 0 Å². The molecular formula is C18H17N3O3. The lowest BCUT2D eigenvalue weighted by Crippen LogP contribution is -2.21. The van der Waals surface area contributed by atoms with Gasteiger partial charge in [0, 0.05) is 28.9 Å². The van der Waals surface area contributed by atoms with Gasteiger partial charge in [-0.25, -0.2) is 0 Å². The Morgan fingerprint density at radius 3 is 2.46 bits per heavy atom. The highest BCUT2D eigenvalue weighted by Crippen LogP contribution is 2.45. The maximum Gasteiger partial charge on any atom is 0.205 e. The average molecular weight is 323 g/mol. The molecule has 2 aromatic rings. The highest BCUT2D eigenvalue weighted by atomic mass is 16.5. The summed E-state index contributed by atoms with van der Waals surface area (Å²) in [4.78, 5) is 0. The second-order valence-corrected chi connectivity index (χ2v) is 5.33. The third kappa shape index (κ3) is 2.46. The van der Waals surface area contributed by atoms with E-state index in [9.17, 15) is 5.26 Å². The molecule has 6 nitrogen and oxygen atoms in total. The van der Waals surface area contributed by atoms with Crippen LogP contribution in [0.2, 0.25) is 0 Å². The SMILES string of the molecule is COc1ccc(C2C(C#N)=C(N)Oc3cc(N)ccc32)c(OC)c1. The monoisotopic (exact) mass is 323 g/mol. The quantitative estimate of drug-likeness (QED) is 0.841. The zero-order valence-electron chi connectivity index (χ0n) is 13.4. The number of hydrogen-bond acceptors (Lipinski definition) is 6. The van der Waals surface area contributed by atoms with E-state index in [4.69, 9.17) is 25.7 Å². The first-order valence-corrected chi connectivity index (χ1v) is 7.28. The van der Waals surface area contributed by atoms with Crippen molar-refractivity contribution in [2.75, 3.05) is 20.0 Å². The van der Waals surface area contributed by atoms with Gasteiger partial charge in [-0.2, -0.15) is 5.26 Å². The molecular weight excluding hydrogens is 306 g/mol. The van der Waals surface area contributed by atoms with Crippen molar-refractivity contribution in [3.63, 3.8) is 0 Å². The molecule has 1 atom stereocenters. The molecule has 0 bridgehead atoms. The van der Waals surface area contributed by atoms with Crippen molar-refractivity contribution < 1.29 is 14.2 Å². The molecule has 0 fully saturated rings. The predicted molar refractivity (Wildman–Crippen MR) is 89.7 cm³/mol. The number of anilines is 1. The smallest absolute Gasteiger partial charge is 0.205 e. The number of ether oxygens (including phenoxy) is 3. The van der Waals surface area contributed by atoms with Crippen molar-refractivity contribution in [3.8, 4) is 23.3 Å². The van der Waals surface area contributed by atoms with E-state index in [1.165, 1.54) is 0 Å². The number of hydrogen-bond donors (Lipinski definition) is 2. The van der Waals surface area contributed by atoms with E-state index < -0.39 is 5.92 Å². The Morgan fingerprint density at radius 2 is 1.79 bits per heavy atom. The topological polar surface area (TPSA) is 104 Å². The van der Waals surface area contributed by atoms with Crippen molar-refractivity contribution in [3.05, 3.63) is 59.0 Å². The van der Waals surface area contributed by atoms with Crippen molar-refractivity contribution in [1.82, 2.24) is 0 Å². The van der Waals surface area contributed by atoms with Crippen molar-refractivity contribution in [1.29, 1.82) is 5.26 Å². The van der Waals surface area contributed by atoms with Crippen LogP contribution in [-0.4, -0.2) is 14.2 Å². The number of rotatable bonds is 3. The molecule has 1 aliphatic rings. The predicted octanol–water partition coefficient (Wildman–Crippen LogP) is 2.50. The third-order valence-corrected chi connectivity index (χ3v) is 3.99. The molecule has 4 N–H and O–H groups in total. The Balaban J connectivity index is 2.24. The van der Waals surface area contributed by atoms with E-state index in [0.29, 0.717) is 28.5 Å². The minimum absolute atomic E-state index is 0.0680. The van der Waals surface area contributed by atoms with Gasteiger partial charge in [0.15, 0.2) is 0 Å². The Hall–Kier alpha value is -3.33. The average Bonchev–Trinajstić information content (AvgIpc) is 2.59. The van der Waals surface area contributed by atoms with Crippen LogP contribution in [0.15, 0.2) is 47.9 Å². The summed E-state index contributed by atoms with van der Waals surface area (Å²) in [5.41, 5.74) is 14.3. The standard InChI is InChI=1S/C18H17N3O3/c1-22-11-4-6-12(15(8-11)23-2)17-13-5-3-10(20)7-16(13)24-18(21)14(17)9-19/h3-8,17H,20-21H2,1-2H3. The molecule has 2 aromatic carbocycles. The first kappa shape index (κ1) is 15.6. The summed E-state index contributed by atoms with van der Waals surface area (Å²) in [5.74, 6) is 1.47. The van der Waals surface area contributed by atoms with Crippen LogP contribution < -0.4 is 25.7 Å². The van der Waals surface area contributed by atoms with E-state index >= 15 is 0 Å². The number of nitrogen functional groups attached to an aromatic ring is 1. The van der Waals surface area contributed by atoms with E-state index in [2.05, 4.69) is 6.07 Å². The molecule has 0 aromatic heterocycles. The minimum atomic E-state index is -0.403. The second kappa shape index (κ2) is 6.05. The lowest BCUT2D eigenvalue weighted by atomic mass is 9.83. The number of methoxy groups -OCH3 is 2. The summed E-state index contributed by atoms with van der Waals surface area (Å²) in [6.45, 7) is 0. The lowest BCUT2D eigenvalue weighted by Gasteiger charge is -2.27. The van der Waals surface area contributed by atoms with E-state index in [1.807, 2.05) is 18.2 Å². The van der Waals surface area contributed by atoms with Gasteiger partial charge in [0.25, 0.3) is 0 Å². The van der Waals surface area contributed by atoms with Crippen LogP contribution in [0.1, 0.15) is 17.0 Å². The Kier molecular flexibility index (Phi) is 3.92. The zero-order valence-corrected chi connectivity index (χ0v) is 13.4. The molecule has 0 amide bonds. The molecule has 3 rings (SSSR count). The minimum Gasteiger partial charge on any atom is -0.497 e. The van der Waals surface area contributed by atoms with Crippen LogP contribution in [0.25, 0.3) is 0 Å². The van der Waals surface area contributed by atoms with Crippen LogP contribution in [0, 0.1) is 11.3 Å². The summed E-state index contributed by atoms with van der Waals surface area (Å²) in [6, 6.07) is 12.9. The van der Waals surface area contributed by atoms with E-state index in [-0.39, 0.29) is 5.88 Å². The van der Waals surface area contributed by atoms with Crippen molar-refractivity contribution in [2.45, 2.75) is 5.92 Å². The number of nitrogens with two attached hydrogens (primary N) is 2. The Labute approximate surface area is 139 Å². The van der Waals surface area contributed by atoms with Gasteiger partial charge < -0.3 is 25.7 Å². The van der Waals surface area contributed by atoms with Crippen LogP contribution >= 0.6 is 0 Å². The van der Waals surface area contributed by atoms with Gasteiger partial charge in [0.2, 0.25) is 5.88 Å². The fourth-order valence-corrected chi connectivity index (χ4v) is 2.85. The number of benzene rings is 2. The van der Waals surface area contributed by atoms with Gasteiger partial charge >= 0.3 is 0 Å². The summed E-state index contributed by atoms with van der Waals surface area (Å²) in [5, 5.41) is 9.58. The summed E-state index contributed by atoms with van der Waals surface area (Å²) >= 11 is 0. The lowest BCUT2D eigenvalue weighted by molar-refractivity contribution is 0.381. The van der Waals surface area contributed by atoms with E-state index in [1.54, 1.807) is 32.4 Å². The van der Waals surface area contributed by atoms with Crippen LogP contribution in [0.5, 0.6) is 17.2 Å². The number of nitriles is 1. The maximum absolute atomic E-state index is 9.58. The van der Waals surface area contributed by atoms with Crippen molar-refractivity contribution in [2.24, 2.45) is 5.73 Å². The normalized spacial score (nSPS) is 16.0. The Bertz CT molecular complexity index is 868. The maximum atomic E-state index is 9.58. The first-order chi connectivity index (χ1) is 11.6. The molecule has 0 saturated carbocycles. The Morgan fingerprint density at radius 1 is 1.04 bits per heavy atom. The molecule has 1 aliphatic heterocycles. The van der Waals surface area contributed by atoms with Gasteiger partial charge in [-0.05, 0) is 12.1 Å². The van der Waals surface area contributed by atoms with Gasteiger partial charge in [-0.1, -0.05) is 12.1 Å². The number of allylic oxidation sites excluding steroid dienone is 1. The molecule has 6 heteroatoms. The molecule has 1 heterocycles. The van der Waals surface area contributed by atoms with Gasteiger partial charge in [0.1, 0.15) is 28.9 Å². The van der Waals surface area contributed by atoms with Crippen molar-refractivity contribution >= 4 is 5.69 Å². The molecule has 0 saturated heterocycles. The third-order valence-electron chi connectivity index (χ3n) is 3.99.